The van der Waals surface area contributed by atoms with Crippen LogP contribution in [0, 0.1) is 0 Å². The SMILES string of the molecule is CCCc1cc(C(=O)c2ccccc2O)c(O)c(CCC)c1O. The van der Waals surface area contributed by atoms with Crippen LogP contribution in [0.1, 0.15) is 53.7 Å². The second kappa shape index (κ2) is 7.18. The van der Waals surface area contributed by atoms with Gasteiger partial charge in [-0.25, -0.2) is 0 Å². The fourth-order valence-corrected chi connectivity index (χ4v) is 2.71. The summed E-state index contributed by atoms with van der Waals surface area (Å²) in [6, 6.07) is 7.77. The largest absolute Gasteiger partial charge is 0.507 e. The third-order valence-electron chi connectivity index (χ3n) is 3.86. The third kappa shape index (κ3) is 3.31. The summed E-state index contributed by atoms with van der Waals surface area (Å²) in [4.78, 5) is 12.7. The Kier molecular flexibility index (Phi) is 5.27. The van der Waals surface area contributed by atoms with Gasteiger partial charge in [-0.15, -0.1) is 0 Å². The molecule has 0 aliphatic heterocycles. The lowest BCUT2D eigenvalue weighted by Gasteiger charge is -2.15. The summed E-state index contributed by atoms with van der Waals surface area (Å²) < 4.78 is 0. The van der Waals surface area contributed by atoms with Gasteiger partial charge in [-0.3, -0.25) is 4.79 Å². The average molecular weight is 314 g/mol. The predicted molar refractivity (Wildman–Crippen MR) is 89.3 cm³/mol. The molecule has 0 radical (unpaired) electrons. The van der Waals surface area contributed by atoms with Gasteiger partial charge >= 0.3 is 0 Å². The summed E-state index contributed by atoms with van der Waals surface area (Å²) in [5.74, 6) is -0.702. The van der Waals surface area contributed by atoms with E-state index in [1.807, 2.05) is 13.8 Å². The van der Waals surface area contributed by atoms with Crippen molar-refractivity contribution in [2.24, 2.45) is 0 Å². The van der Waals surface area contributed by atoms with Crippen molar-refractivity contribution in [1.29, 1.82) is 0 Å². The maximum atomic E-state index is 12.7. The van der Waals surface area contributed by atoms with E-state index < -0.39 is 5.78 Å². The Labute approximate surface area is 136 Å². The average Bonchev–Trinajstić information content (AvgIpc) is 2.54. The van der Waals surface area contributed by atoms with Crippen molar-refractivity contribution >= 4 is 5.78 Å². The highest BCUT2D eigenvalue weighted by Crippen LogP contribution is 2.37. The van der Waals surface area contributed by atoms with Crippen LogP contribution in [0.5, 0.6) is 17.2 Å². The molecule has 0 bridgehead atoms. The van der Waals surface area contributed by atoms with Gasteiger partial charge in [0.25, 0.3) is 0 Å². The van der Waals surface area contributed by atoms with Crippen molar-refractivity contribution in [2.45, 2.75) is 39.5 Å². The number of aryl methyl sites for hydroxylation is 1. The normalized spacial score (nSPS) is 10.7. The molecular formula is C19H22O4. The van der Waals surface area contributed by atoms with Crippen molar-refractivity contribution in [1.82, 2.24) is 0 Å². The van der Waals surface area contributed by atoms with Gasteiger partial charge in [-0.1, -0.05) is 38.8 Å². The van der Waals surface area contributed by atoms with Gasteiger partial charge in [-0.05, 0) is 36.6 Å². The van der Waals surface area contributed by atoms with Gasteiger partial charge in [0.05, 0.1) is 11.1 Å². The van der Waals surface area contributed by atoms with Crippen LogP contribution in [0.4, 0.5) is 0 Å². The van der Waals surface area contributed by atoms with E-state index in [-0.39, 0.29) is 28.4 Å². The Morgan fingerprint density at radius 3 is 2.17 bits per heavy atom. The molecule has 23 heavy (non-hydrogen) atoms. The van der Waals surface area contributed by atoms with Crippen LogP contribution in [0.15, 0.2) is 30.3 Å². The summed E-state index contributed by atoms with van der Waals surface area (Å²) >= 11 is 0. The van der Waals surface area contributed by atoms with Crippen molar-refractivity contribution in [2.75, 3.05) is 0 Å². The van der Waals surface area contributed by atoms with Gasteiger partial charge < -0.3 is 15.3 Å². The van der Waals surface area contributed by atoms with Crippen LogP contribution in [0.3, 0.4) is 0 Å². The first-order chi connectivity index (χ1) is 11.0. The van der Waals surface area contributed by atoms with E-state index in [2.05, 4.69) is 0 Å². The molecule has 0 saturated heterocycles. The minimum Gasteiger partial charge on any atom is -0.507 e. The molecule has 122 valence electrons. The third-order valence-corrected chi connectivity index (χ3v) is 3.86. The molecule has 2 aromatic carbocycles. The van der Waals surface area contributed by atoms with Crippen LogP contribution < -0.4 is 0 Å². The number of aromatic hydroxyl groups is 3. The molecule has 0 amide bonds. The molecule has 0 heterocycles. The summed E-state index contributed by atoms with van der Waals surface area (Å²) in [6.45, 7) is 3.92. The molecule has 0 spiro atoms. The zero-order chi connectivity index (χ0) is 17.0. The Morgan fingerprint density at radius 2 is 1.57 bits per heavy atom. The lowest BCUT2D eigenvalue weighted by atomic mass is 9.92. The molecule has 4 nitrogen and oxygen atoms in total. The number of ketones is 1. The van der Waals surface area contributed by atoms with Crippen LogP contribution in [0.25, 0.3) is 0 Å². The summed E-state index contributed by atoms with van der Waals surface area (Å²) in [7, 11) is 0. The van der Waals surface area contributed by atoms with Crippen molar-refractivity contribution < 1.29 is 20.1 Å². The van der Waals surface area contributed by atoms with Gasteiger partial charge in [0.15, 0.2) is 5.78 Å². The van der Waals surface area contributed by atoms with E-state index in [1.165, 1.54) is 18.2 Å². The van der Waals surface area contributed by atoms with E-state index in [0.29, 0.717) is 24.0 Å². The summed E-state index contributed by atoms with van der Waals surface area (Å²) in [5, 5.41) is 30.7. The van der Waals surface area contributed by atoms with Crippen LogP contribution >= 0.6 is 0 Å². The molecule has 2 rings (SSSR count). The fraction of sp³-hybridized carbons (Fsp3) is 0.316. The van der Waals surface area contributed by atoms with E-state index in [9.17, 15) is 20.1 Å². The maximum Gasteiger partial charge on any atom is 0.200 e. The van der Waals surface area contributed by atoms with Gasteiger partial charge in [0, 0.05) is 5.56 Å². The molecule has 4 heteroatoms. The highest BCUT2D eigenvalue weighted by molar-refractivity contribution is 6.12. The van der Waals surface area contributed by atoms with Gasteiger partial charge in [0.2, 0.25) is 0 Å². The first kappa shape index (κ1) is 16.9. The smallest absolute Gasteiger partial charge is 0.200 e. The molecular weight excluding hydrogens is 292 g/mol. The standard InChI is InChI=1S/C19H22O4/c1-3-7-12-11-15(19(23)14(8-4-2)17(12)21)18(22)13-9-5-6-10-16(13)20/h5-6,9-11,20-21,23H,3-4,7-8H2,1-2H3. The number of phenolic OH excluding ortho intramolecular Hbond substituents is 3. The summed E-state index contributed by atoms with van der Waals surface area (Å²) in [6.07, 6.45) is 2.65. The first-order valence-electron chi connectivity index (χ1n) is 7.90. The maximum absolute atomic E-state index is 12.7. The quantitative estimate of drug-likeness (QED) is 0.706. The Bertz CT molecular complexity index is 720. The number of carbonyl (C=O) groups is 1. The second-order valence-corrected chi connectivity index (χ2v) is 5.61. The first-order valence-corrected chi connectivity index (χ1v) is 7.90. The number of benzene rings is 2. The lowest BCUT2D eigenvalue weighted by molar-refractivity contribution is 0.103. The molecule has 2 aromatic rings. The lowest BCUT2D eigenvalue weighted by Crippen LogP contribution is -2.06. The van der Waals surface area contributed by atoms with E-state index in [4.69, 9.17) is 0 Å². The number of hydrogen-bond donors (Lipinski definition) is 3. The Hall–Kier alpha value is -2.49. The molecule has 0 atom stereocenters. The molecule has 0 aliphatic rings. The topological polar surface area (TPSA) is 77.8 Å². The number of rotatable bonds is 6. The van der Waals surface area contributed by atoms with Crippen molar-refractivity contribution in [3.8, 4) is 17.2 Å². The monoisotopic (exact) mass is 314 g/mol. The van der Waals surface area contributed by atoms with E-state index in [0.717, 1.165) is 12.8 Å². The molecule has 0 unspecified atom stereocenters. The molecule has 0 fully saturated rings. The number of hydrogen-bond acceptors (Lipinski definition) is 4. The van der Waals surface area contributed by atoms with Gasteiger partial charge in [-0.2, -0.15) is 0 Å². The zero-order valence-electron chi connectivity index (χ0n) is 13.5. The van der Waals surface area contributed by atoms with Crippen molar-refractivity contribution in [3.05, 3.63) is 52.6 Å². The Morgan fingerprint density at radius 1 is 0.913 bits per heavy atom. The number of para-hydroxylation sites is 1. The highest BCUT2D eigenvalue weighted by Gasteiger charge is 2.23. The summed E-state index contributed by atoms with van der Waals surface area (Å²) in [5.41, 5.74) is 1.30. The van der Waals surface area contributed by atoms with Crippen molar-refractivity contribution in [3.63, 3.8) is 0 Å². The molecule has 0 aliphatic carbocycles. The number of phenols is 3. The van der Waals surface area contributed by atoms with Crippen LogP contribution in [0.2, 0.25) is 0 Å². The van der Waals surface area contributed by atoms with Crippen LogP contribution in [-0.4, -0.2) is 21.1 Å². The highest BCUT2D eigenvalue weighted by atomic mass is 16.3. The minimum atomic E-state index is -0.449. The number of carbonyl (C=O) groups excluding carboxylic acids is 1. The predicted octanol–water partition coefficient (Wildman–Crippen LogP) is 3.94. The molecule has 3 N–H and O–H groups in total. The minimum absolute atomic E-state index is 0.0695. The molecule has 0 saturated carbocycles. The zero-order valence-corrected chi connectivity index (χ0v) is 13.5. The van der Waals surface area contributed by atoms with E-state index in [1.54, 1.807) is 12.1 Å². The van der Waals surface area contributed by atoms with Gasteiger partial charge in [0.1, 0.15) is 17.2 Å². The van der Waals surface area contributed by atoms with Crippen LogP contribution in [-0.2, 0) is 12.8 Å². The van der Waals surface area contributed by atoms with E-state index >= 15 is 0 Å². The Balaban J connectivity index is 2.61. The molecule has 0 aromatic heterocycles. The second-order valence-electron chi connectivity index (χ2n) is 5.61. The fourth-order valence-electron chi connectivity index (χ4n) is 2.71.